The number of hydrogen-bond donors (Lipinski definition) is 0. The Bertz CT molecular complexity index is 97.8. The van der Waals surface area contributed by atoms with E-state index in [9.17, 15) is 0 Å². The molecule has 0 spiro atoms. The molecule has 0 N–H and O–H groups in total. The Hall–Kier alpha value is 0.120. The molecule has 60 valence electrons. The van der Waals surface area contributed by atoms with Gasteiger partial charge in [-0.1, -0.05) is 0 Å². The first kappa shape index (κ1) is 10.1. The second kappa shape index (κ2) is 5.87. The Labute approximate surface area is 72.6 Å². The van der Waals surface area contributed by atoms with E-state index >= 15 is 0 Å². The molecule has 0 bridgehead atoms. The van der Waals surface area contributed by atoms with Gasteiger partial charge >= 0.3 is 0 Å². The fourth-order valence-corrected chi connectivity index (χ4v) is 0.751. The molecule has 0 amide bonds. The van der Waals surface area contributed by atoms with Gasteiger partial charge < -0.3 is 4.90 Å². The summed E-state index contributed by atoms with van der Waals surface area (Å²) in [5.74, 6) is 0. The smallest absolute Gasteiger partial charge is 0.127 e. The van der Waals surface area contributed by atoms with Gasteiger partial charge in [0.1, 0.15) is 4.84 Å². The lowest BCUT2D eigenvalue weighted by Crippen LogP contribution is -2.15. The van der Waals surface area contributed by atoms with Gasteiger partial charge in [-0.15, -0.1) is 23.2 Å². The highest BCUT2D eigenvalue weighted by molar-refractivity contribution is 6.45. The third-order valence-electron chi connectivity index (χ3n) is 1.25. The lowest BCUT2D eigenvalue weighted by atomic mass is 10.5. The van der Waals surface area contributed by atoms with Crippen molar-refractivity contribution in [2.24, 2.45) is 0 Å². The van der Waals surface area contributed by atoms with E-state index in [0.29, 0.717) is 0 Å². The van der Waals surface area contributed by atoms with Gasteiger partial charge in [0.05, 0.1) is 0 Å². The summed E-state index contributed by atoms with van der Waals surface area (Å²) >= 11 is 11.0. The molecule has 0 aliphatic heterocycles. The van der Waals surface area contributed by atoms with Crippen LogP contribution in [-0.2, 0) is 0 Å². The highest BCUT2D eigenvalue weighted by atomic mass is 35.5. The molecule has 0 radical (unpaired) electrons. The van der Waals surface area contributed by atoms with Crippen molar-refractivity contribution < 1.29 is 0 Å². The SMILES string of the molecule is CCN(C=CC(Cl)Cl)CC. The molecule has 0 aromatic rings. The molecule has 0 unspecified atom stereocenters. The van der Waals surface area contributed by atoms with Gasteiger partial charge in [-0.25, -0.2) is 0 Å². The molecule has 0 aliphatic carbocycles. The molecule has 0 rings (SSSR count). The second-order valence-corrected chi connectivity index (χ2v) is 3.06. The Morgan fingerprint density at radius 3 is 2.10 bits per heavy atom. The molecule has 1 nitrogen and oxygen atoms in total. The number of alkyl halides is 2. The minimum Gasteiger partial charge on any atom is -0.378 e. The van der Waals surface area contributed by atoms with Crippen LogP contribution in [0.15, 0.2) is 12.3 Å². The molecule has 0 aliphatic rings. The summed E-state index contributed by atoms with van der Waals surface area (Å²) in [5, 5.41) is 0. The molecule has 10 heavy (non-hydrogen) atoms. The van der Waals surface area contributed by atoms with Crippen LogP contribution in [0.3, 0.4) is 0 Å². The Morgan fingerprint density at radius 2 is 1.80 bits per heavy atom. The molecule has 0 fully saturated rings. The summed E-state index contributed by atoms with van der Waals surface area (Å²) in [6, 6.07) is 0. The van der Waals surface area contributed by atoms with Crippen molar-refractivity contribution in [3.05, 3.63) is 12.3 Å². The third kappa shape index (κ3) is 4.95. The van der Waals surface area contributed by atoms with Crippen molar-refractivity contribution in [1.29, 1.82) is 0 Å². The highest BCUT2D eigenvalue weighted by Crippen LogP contribution is 2.03. The monoisotopic (exact) mass is 181 g/mol. The minimum atomic E-state index is -0.388. The van der Waals surface area contributed by atoms with Crippen LogP contribution in [0.2, 0.25) is 0 Å². The van der Waals surface area contributed by atoms with Crippen molar-refractivity contribution >= 4 is 23.2 Å². The number of nitrogens with zero attached hydrogens (tertiary/aromatic N) is 1. The van der Waals surface area contributed by atoms with Gasteiger partial charge in [0.2, 0.25) is 0 Å². The van der Waals surface area contributed by atoms with E-state index < -0.39 is 0 Å². The largest absolute Gasteiger partial charge is 0.378 e. The minimum absolute atomic E-state index is 0.388. The Kier molecular flexibility index (Phi) is 5.94. The summed E-state index contributed by atoms with van der Waals surface area (Å²) < 4.78 is 0. The molecule has 0 aromatic heterocycles. The molecular formula is C7H13Cl2N. The predicted molar refractivity (Wildman–Crippen MR) is 47.6 cm³/mol. The summed E-state index contributed by atoms with van der Waals surface area (Å²) in [5.41, 5.74) is 0. The van der Waals surface area contributed by atoms with Crippen molar-refractivity contribution in [1.82, 2.24) is 4.90 Å². The zero-order valence-corrected chi connectivity index (χ0v) is 7.86. The van der Waals surface area contributed by atoms with E-state index in [1.54, 1.807) is 6.08 Å². The Balaban J connectivity index is 3.61. The zero-order chi connectivity index (χ0) is 7.98. The average Bonchev–Trinajstić information content (AvgIpc) is 1.90. The van der Waals surface area contributed by atoms with E-state index in [2.05, 4.69) is 18.7 Å². The van der Waals surface area contributed by atoms with Crippen molar-refractivity contribution in [2.45, 2.75) is 18.7 Å². The fraction of sp³-hybridized carbons (Fsp3) is 0.714. The maximum atomic E-state index is 5.49. The van der Waals surface area contributed by atoms with E-state index in [-0.39, 0.29) is 4.84 Å². The summed E-state index contributed by atoms with van der Waals surface area (Å²) in [7, 11) is 0. The maximum absolute atomic E-state index is 5.49. The van der Waals surface area contributed by atoms with Crippen LogP contribution in [0.4, 0.5) is 0 Å². The molecule has 3 heteroatoms. The van der Waals surface area contributed by atoms with Crippen LogP contribution in [0.25, 0.3) is 0 Å². The van der Waals surface area contributed by atoms with Crippen LogP contribution in [0, 0.1) is 0 Å². The second-order valence-electron chi connectivity index (χ2n) is 1.90. The normalized spacial score (nSPS) is 11.3. The fourth-order valence-electron chi connectivity index (χ4n) is 0.621. The van der Waals surface area contributed by atoms with Gasteiger partial charge in [-0.2, -0.15) is 0 Å². The lowest BCUT2D eigenvalue weighted by Gasteiger charge is -2.14. The number of allylic oxidation sites excluding steroid dienone is 1. The van der Waals surface area contributed by atoms with Gasteiger partial charge in [0.15, 0.2) is 0 Å². The van der Waals surface area contributed by atoms with Gasteiger partial charge in [-0.3, -0.25) is 0 Å². The Morgan fingerprint density at radius 1 is 1.30 bits per heavy atom. The van der Waals surface area contributed by atoms with Crippen molar-refractivity contribution in [3.8, 4) is 0 Å². The van der Waals surface area contributed by atoms with E-state index in [1.807, 2.05) is 6.20 Å². The lowest BCUT2D eigenvalue weighted by molar-refractivity contribution is 0.418. The number of rotatable bonds is 4. The number of hydrogen-bond acceptors (Lipinski definition) is 1. The van der Waals surface area contributed by atoms with Crippen LogP contribution < -0.4 is 0 Å². The van der Waals surface area contributed by atoms with Crippen molar-refractivity contribution in [3.63, 3.8) is 0 Å². The average molecular weight is 182 g/mol. The van der Waals surface area contributed by atoms with Crippen LogP contribution in [0.5, 0.6) is 0 Å². The molecular weight excluding hydrogens is 169 g/mol. The molecule has 0 atom stereocenters. The standard InChI is InChI=1S/C7H13Cl2N/c1-3-10(4-2)6-5-7(8)9/h5-7H,3-4H2,1-2H3. The van der Waals surface area contributed by atoms with Gasteiger partial charge in [0.25, 0.3) is 0 Å². The number of halogens is 2. The molecule has 0 aromatic carbocycles. The zero-order valence-electron chi connectivity index (χ0n) is 6.35. The van der Waals surface area contributed by atoms with Gasteiger partial charge in [0, 0.05) is 13.1 Å². The van der Waals surface area contributed by atoms with Crippen LogP contribution in [0.1, 0.15) is 13.8 Å². The summed E-state index contributed by atoms with van der Waals surface area (Å²) in [6.07, 6.45) is 3.68. The summed E-state index contributed by atoms with van der Waals surface area (Å²) in [6.45, 7) is 6.16. The van der Waals surface area contributed by atoms with Crippen LogP contribution in [-0.4, -0.2) is 22.8 Å². The van der Waals surface area contributed by atoms with Gasteiger partial charge in [-0.05, 0) is 26.1 Å². The first-order chi connectivity index (χ1) is 4.70. The van der Waals surface area contributed by atoms with E-state index in [0.717, 1.165) is 13.1 Å². The maximum Gasteiger partial charge on any atom is 0.127 e. The first-order valence-electron chi connectivity index (χ1n) is 3.41. The van der Waals surface area contributed by atoms with Crippen molar-refractivity contribution in [2.75, 3.05) is 13.1 Å². The quantitative estimate of drug-likeness (QED) is 0.604. The molecule has 0 heterocycles. The van der Waals surface area contributed by atoms with Crippen LogP contribution >= 0.6 is 23.2 Å². The first-order valence-corrected chi connectivity index (χ1v) is 4.28. The highest BCUT2D eigenvalue weighted by Gasteiger charge is 1.92. The molecule has 0 saturated heterocycles. The topological polar surface area (TPSA) is 3.24 Å². The third-order valence-corrected chi connectivity index (χ3v) is 1.55. The summed E-state index contributed by atoms with van der Waals surface area (Å²) in [4.78, 5) is 1.73. The molecule has 0 saturated carbocycles. The van der Waals surface area contributed by atoms with E-state index in [4.69, 9.17) is 23.2 Å². The van der Waals surface area contributed by atoms with E-state index in [1.165, 1.54) is 0 Å². The predicted octanol–water partition coefficient (Wildman–Crippen LogP) is 2.65.